The molecule has 0 saturated heterocycles. The maximum Gasteiger partial charge on any atom is 0.255 e. The van der Waals surface area contributed by atoms with Crippen molar-refractivity contribution in [3.63, 3.8) is 0 Å². The monoisotopic (exact) mass is 545 g/mol. The number of carbonyl (C=O) groups is 1. The Morgan fingerprint density at radius 1 is 1.05 bits per heavy atom. The number of para-hydroxylation sites is 2. The molecule has 1 amide bonds. The Morgan fingerprint density at radius 3 is 2.62 bits per heavy atom. The first-order valence-electron chi connectivity index (χ1n) is 12.4. The van der Waals surface area contributed by atoms with Crippen LogP contribution in [0, 0.1) is 0 Å². The summed E-state index contributed by atoms with van der Waals surface area (Å²) >= 11 is 6.00. The lowest BCUT2D eigenvalue weighted by molar-refractivity contribution is -0.113. The minimum atomic E-state index is -0.567. The molecule has 9 nitrogen and oxygen atoms in total. The molecule has 3 aromatic carbocycles. The third kappa shape index (κ3) is 5.53. The molecule has 1 atom stereocenters. The third-order valence-electron chi connectivity index (χ3n) is 6.29. The van der Waals surface area contributed by atoms with Gasteiger partial charge < -0.3 is 24.8 Å². The van der Waals surface area contributed by atoms with Crippen LogP contribution in [0.4, 0.5) is 11.6 Å². The predicted octanol–water partition coefficient (Wildman–Crippen LogP) is 5.85. The lowest BCUT2D eigenvalue weighted by Gasteiger charge is -2.29. The number of nitrogens with zero attached hydrogens (tertiary/aromatic N) is 3. The van der Waals surface area contributed by atoms with Gasteiger partial charge in [-0.1, -0.05) is 41.9 Å². The molecule has 0 radical (unpaired) electrons. The molecule has 39 heavy (non-hydrogen) atoms. The molecule has 10 heteroatoms. The van der Waals surface area contributed by atoms with Crippen LogP contribution < -0.4 is 24.8 Å². The molecule has 0 unspecified atom stereocenters. The molecule has 5 rings (SSSR count). The van der Waals surface area contributed by atoms with Crippen LogP contribution >= 0.6 is 11.6 Å². The second-order valence-corrected chi connectivity index (χ2v) is 9.24. The number of anilines is 2. The van der Waals surface area contributed by atoms with Gasteiger partial charge in [0.05, 0.1) is 25.0 Å². The largest absolute Gasteiger partial charge is 0.495 e. The number of carbonyl (C=O) groups excluding carboxylic acids is 1. The first-order valence-corrected chi connectivity index (χ1v) is 12.8. The number of benzene rings is 3. The van der Waals surface area contributed by atoms with E-state index < -0.39 is 6.04 Å². The van der Waals surface area contributed by atoms with E-state index in [1.165, 1.54) is 6.33 Å². The van der Waals surface area contributed by atoms with Gasteiger partial charge in [0.1, 0.15) is 24.7 Å². The van der Waals surface area contributed by atoms with Gasteiger partial charge in [-0.3, -0.25) is 4.79 Å². The molecule has 0 fully saturated rings. The molecule has 4 aromatic rings. The highest BCUT2D eigenvalue weighted by atomic mass is 35.5. The number of fused-ring (bicyclic) bond motifs is 1. The van der Waals surface area contributed by atoms with Crippen molar-refractivity contribution in [2.75, 3.05) is 24.4 Å². The van der Waals surface area contributed by atoms with Crippen molar-refractivity contribution in [1.29, 1.82) is 0 Å². The first kappa shape index (κ1) is 26.1. The number of allylic oxidation sites excluding steroid dienone is 1. The maximum atomic E-state index is 13.7. The average molecular weight is 546 g/mol. The standard InChI is InChI=1S/C29H28ClN5O4/c1-4-38-25-15-20(11-14-24(25)39-16-19-9-12-21(30)13-10-19)27-26(18(2)33-29-31-17-32-35(27)29)28(36)34-22-7-5-6-8-23(22)37-3/h5-15,17,27H,4,16H2,1-3H3,(H,34,36)(H,31,32,33)/t27-/m0/s1. The maximum absolute atomic E-state index is 13.7. The van der Waals surface area contributed by atoms with Crippen LogP contribution in [-0.4, -0.2) is 34.4 Å². The van der Waals surface area contributed by atoms with E-state index in [-0.39, 0.29) is 5.91 Å². The number of ether oxygens (including phenoxy) is 3. The molecule has 0 bridgehead atoms. The number of nitrogens with one attached hydrogen (secondary N) is 2. The van der Waals surface area contributed by atoms with Gasteiger partial charge in [-0.25, -0.2) is 4.68 Å². The topological polar surface area (TPSA) is 99.5 Å². The summed E-state index contributed by atoms with van der Waals surface area (Å²) in [5.74, 6) is 1.95. The minimum Gasteiger partial charge on any atom is -0.495 e. The molecular weight excluding hydrogens is 518 g/mol. The average Bonchev–Trinajstić information content (AvgIpc) is 3.41. The zero-order valence-corrected chi connectivity index (χ0v) is 22.5. The van der Waals surface area contributed by atoms with Gasteiger partial charge in [0.15, 0.2) is 11.5 Å². The van der Waals surface area contributed by atoms with Crippen molar-refractivity contribution >= 4 is 29.1 Å². The fraction of sp³-hybridized carbons (Fsp3) is 0.207. The highest BCUT2D eigenvalue weighted by Gasteiger charge is 2.34. The Balaban J connectivity index is 1.49. The van der Waals surface area contributed by atoms with Crippen molar-refractivity contribution in [2.24, 2.45) is 0 Å². The van der Waals surface area contributed by atoms with Gasteiger partial charge in [0.25, 0.3) is 5.91 Å². The number of methoxy groups -OCH3 is 1. The van der Waals surface area contributed by atoms with Gasteiger partial charge in [0.2, 0.25) is 5.95 Å². The Morgan fingerprint density at radius 2 is 1.85 bits per heavy atom. The summed E-state index contributed by atoms with van der Waals surface area (Å²) in [7, 11) is 1.56. The molecular formula is C29H28ClN5O4. The number of aromatic nitrogens is 3. The van der Waals surface area contributed by atoms with Gasteiger partial charge in [-0.05, 0) is 61.4 Å². The van der Waals surface area contributed by atoms with Crippen LogP contribution in [0.15, 0.2) is 84.3 Å². The Hall–Kier alpha value is -4.50. The van der Waals surface area contributed by atoms with Crippen LogP contribution in [0.25, 0.3) is 0 Å². The second-order valence-electron chi connectivity index (χ2n) is 8.80. The second kappa shape index (κ2) is 11.5. The van der Waals surface area contributed by atoms with E-state index in [4.69, 9.17) is 25.8 Å². The van der Waals surface area contributed by atoms with E-state index in [0.29, 0.717) is 58.4 Å². The zero-order valence-electron chi connectivity index (χ0n) is 21.8. The highest BCUT2D eigenvalue weighted by molar-refractivity contribution is 6.30. The smallest absolute Gasteiger partial charge is 0.255 e. The van der Waals surface area contributed by atoms with E-state index in [9.17, 15) is 4.79 Å². The van der Waals surface area contributed by atoms with E-state index in [1.807, 2.05) is 68.4 Å². The van der Waals surface area contributed by atoms with Gasteiger partial charge in [-0.2, -0.15) is 10.1 Å². The lowest BCUT2D eigenvalue weighted by Crippen LogP contribution is -2.31. The van der Waals surface area contributed by atoms with Crippen molar-refractivity contribution in [3.05, 3.63) is 100 Å². The van der Waals surface area contributed by atoms with Gasteiger partial charge in [0, 0.05) is 10.7 Å². The van der Waals surface area contributed by atoms with Crippen LogP contribution in [0.1, 0.15) is 31.0 Å². The Labute approximate surface area is 231 Å². The molecule has 1 aromatic heterocycles. The van der Waals surface area contributed by atoms with E-state index >= 15 is 0 Å². The molecule has 0 spiro atoms. The van der Waals surface area contributed by atoms with E-state index in [1.54, 1.807) is 23.9 Å². The summed E-state index contributed by atoms with van der Waals surface area (Å²) in [6.45, 7) is 4.54. The summed E-state index contributed by atoms with van der Waals surface area (Å²) in [5, 5.41) is 11.3. The highest BCUT2D eigenvalue weighted by Crippen LogP contribution is 2.39. The van der Waals surface area contributed by atoms with Crippen molar-refractivity contribution in [1.82, 2.24) is 14.8 Å². The molecule has 1 aliphatic rings. The zero-order chi connectivity index (χ0) is 27.4. The summed E-state index contributed by atoms with van der Waals surface area (Å²) in [4.78, 5) is 18.1. The van der Waals surface area contributed by atoms with Crippen LogP contribution in [-0.2, 0) is 11.4 Å². The fourth-order valence-electron chi connectivity index (χ4n) is 4.45. The summed E-state index contributed by atoms with van der Waals surface area (Å²) in [5.41, 5.74) is 3.47. The Bertz CT molecular complexity index is 1520. The van der Waals surface area contributed by atoms with Crippen LogP contribution in [0.2, 0.25) is 5.02 Å². The van der Waals surface area contributed by atoms with Crippen molar-refractivity contribution in [3.8, 4) is 17.2 Å². The van der Waals surface area contributed by atoms with Crippen molar-refractivity contribution in [2.45, 2.75) is 26.5 Å². The molecule has 1 aliphatic heterocycles. The lowest BCUT2D eigenvalue weighted by atomic mass is 9.94. The summed E-state index contributed by atoms with van der Waals surface area (Å²) < 4.78 is 19.2. The molecule has 2 N–H and O–H groups in total. The van der Waals surface area contributed by atoms with Gasteiger partial charge in [-0.15, -0.1) is 0 Å². The molecule has 0 saturated carbocycles. The van der Waals surface area contributed by atoms with Gasteiger partial charge >= 0.3 is 0 Å². The fourth-order valence-corrected chi connectivity index (χ4v) is 4.58. The quantitative estimate of drug-likeness (QED) is 0.272. The SMILES string of the molecule is CCOc1cc([C@H]2C(C(=O)Nc3ccccc3OC)=C(C)Nc3ncnn32)ccc1OCc1ccc(Cl)cc1. The number of hydrogen-bond donors (Lipinski definition) is 2. The molecule has 200 valence electrons. The van der Waals surface area contributed by atoms with Crippen LogP contribution in [0.5, 0.6) is 17.2 Å². The van der Waals surface area contributed by atoms with E-state index in [2.05, 4.69) is 20.7 Å². The molecule has 2 heterocycles. The minimum absolute atomic E-state index is 0.295. The summed E-state index contributed by atoms with van der Waals surface area (Å²) in [6.07, 6.45) is 1.46. The number of amides is 1. The normalized spacial score (nSPS) is 14.3. The molecule has 0 aliphatic carbocycles. The number of hydrogen-bond acceptors (Lipinski definition) is 7. The third-order valence-corrected chi connectivity index (χ3v) is 6.54. The number of rotatable bonds is 9. The van der Waals surface area contributed by atoms with E-state index in [0.717, 1.165) is 11.1 Å². The Kier molecular flexibility index (Phi) is 7.69. The van der Waals surface area contributed by atoms with Crippen LogP contribution in [0.3, 0.4) is 0 Å². The summed E-state index contributed by atoms with van der Waals surface area (Å²) in [6, 6.07) is 19.8. The number of halogens is 1. The predicted molar refractivity (Wildman–Crippen MR) is 150 cm³/mol. The van der Waals surface area contributed by atoms with Crippen molar-refractivity contribution < 1.29 is 19.0 Å². The first-order chi connectivity index (χ1) is 19.0.